The van der Waals surface area contributed by atoms with Gasteiger partial charge in [0.1, 0.15) is 5.82 Å². The fraction of sp³-hybridized carbons (Fsp3) is 0.375. The molecule has 1 heterocycles. The Balaban J connectivity index is 2.25. The standard InChI is InChI=1S/C16H21N3/c1-3-12(2)13-5-7-14(8-6-13)15(11-17)16-18-9-4-10-19-16/h4-10,12,15H,3,11,17H2,1-2H3. The molecular formula is C16H21N3. The van der Waals surface area contributed by atoms with Gasteiger partial charge in [-0.3, -0.25) is 0 Å². The second-order valence-electron chi connectivity index (χ2n) is 4.87. The molecule has 0 fully saturated rings. The molecule has 0 spiro atoms. The number of aromatic nitrogens is 2. The molecule has 0 aliphatic carbocycles. The van der Waals surface area contributed by atoms with E-state index in [1.165, 1.54) is 11.1 Å². The molecule has 0 aliphatic heterocycles. The van der Waals surface area contributed by atoms with E-state index in [-0.39, 0.29) is 5.92 Å². The van der Waals surface area contributed by atoms with E-state index in [9.17, 15) is 0 Å². The van der Waals surface area contributed by atoms with Gasteiger partial charge in [0.25, 0.3) is 0 Å². The Morgan fingerprint density at radius 2 is 1.63 bits per heavy atom. The predicted octanol–water partition coefficient (Wildman–Crippen LogP) is 3.08. The van der Waals surface area contributed by atoms with E-state index in [1.807, 2.05) is 6.07 Å². The molecule has 2 N–H and O–H groups in total. The van der Waals surface area contributed by atoms with E-state index in [0.717, 1.165) is 12.2 Å². The topological polar surface area (TPSA) is 51.8 Å². The van der Waals surface area contributed by atoms with Gasteiger partial charge in [0.05, 0.1) is 5.92 Å². The lowest BCUT2D eigenvalue weighted by Crippen LogP contribution is -2.16. The van der Waals surface area contributed by atoms with Gasteiger partial charge in [-0.2, -0.15) is 0 Å². The van der Waals surface area contributed by atoms with Crippen LogP contribution in [-0.4, -0.2) is 16.5 Å². The van der Waals surface area contributed by atoms with Crippen LogP contribution in [0.15, 0.2) is 42.7 Å². The van der Waals surface area contributed by atoms with Crippen LogP contribution in [-0.2, 0) is 0 Å². The van der Waals surface area contributed by atoms with Crippen LogP contribution in [0.1, 0.15) is 49.1 Å². The Bertz CT molecular complexity index is 493. The van der Waals surface area contributed by atoms with E-state index in [4.69, 9.17) is 5.73 Å². The first-order chi connectivity index (χ1) is 9.26. The molecule has 2 aromatic rings. The van der Waals surface area contributed by atoms with E-state index in [1.54, 1.807) is 12.4 Å². The van der Waals surface area contributed by atoms with E-state index in [2.05, 4.69) is 48.1 Å². The van der Waals surface area contributed by atoms with Crippen molar-refractivity contribution in [1.29, 1.82) is 0 Å². The molecule has 3 heteroatoms. The number of rotatable bonds is 5. The van der Waals surface area contributed by atoms with Crippen LogP contribution in [0.2, 0.25) is 0 Å². The molecule has 3 nitrogen and oxygen atoms in total. The van der Waals surface area contributed by atoms with Gasteiger partial charge in [0.15, 0.2) is 0 Å². The highest BCUT2D eigenvalue weighted by atomic mass is 14.9. The summed E-state index contributed by atoms with van der Waals surface area (Å²) in [7, 11) is 0. The quantitative estimate of drug-likeness (QED) is 0.893. The minimum Gasteiger partial charge on any atom is -0.329 e. The van der Waals surface area contributed by atoms with Crippen LogP contribution in [0.4, 0.5) is 0 Å². The van der Waals surface area contributed by atoms with Gasteiger partial charge in [-0.25, -0.2) is 9.97 Å². The summed E-state index contributed by atoms with van der Waals surface area (Å²) in [5.41, 5.74) is 8.43. The molecule has 0 amide bonds. The van der Waals surface area contributed by atoms with Gasteiger partial charge >= 0.3 is 0 Å². The summed E-state index contributed by atoms with van der Waals surface area (Å²) in [6, 6.07) is 10.5. The Labute approximate surface area is 114 Å². The maximum Gasteiger partial charge on any atom is 0.136 e. The van der Waals surface area contributed by atoms with Crippen molar-refractivity contribution in [3.63, 3.8) is 0 Å². The molecule has 0 aliphatic rings. The number of hydrogen-bond donors (Lipinski definition) is 1. The van der Waals surface area contributed by atoms with Gasteiger partial charge in [0.2, 0.25) is 0 Å². The van der Waals surface area contributed by atoms with Crippen molar-refractivity contribution in [3.8, 4) is 0 Å². The fourth-order valence-corrected chi connectivity index (χ4v) is 2.17. The third-order valence-electron chi connectivity index (χ3n) is 3.65. The maximum atomic E-state index is 5.88. The maximum absolute atomic E-state index is 5.88. The molecule has 2 unspecified atom stereocenters. The molecule has 2 atom stereocenters. The highest BCUT2D eigenvalue weighted by molar-refractivity contribution is 5.30. The second-order valence-corrected chi connectivity index (χ2v) is 4.87. The molecule has 1 aromatic carbocycles. The molecule has 0 saturated carbocycles. The van der Waals surface area contributed by atoms with Gasteiger partial charge in [-0.1, -0.05) is 38.1 Å². The van der Waals surface area contributed by atoms with Crippen LogP contribution >= 0.6 is 0 Å². The number of nitrogens with two attached hydrogens (primary N) is 1. The summed E-state index contributed by atoms with van der Waals surface area (Å²) in [5, 5.41) is 0. The SMILES string of the molecule is CCC(C)c1ccc(C(CN)c2ncccn2)cc1. The first kappa shape index (κ1) is 13.7. The Morgan fingerprint density at radius 1 is 1.05 bits per heavy atom. The number of nitrogens with zero attached hydrogens (tertiary/aromatic N) is 2. The van der Waals surface area contributed by atoms with Crippen LogP contribution in [0, 0.1) is 0 Å². The zero-order valence-corrected chi connectivity index (χ0v) is 11.6. The van der Waals surface area contributed by atoms with Crippen LogP contribution in [0.3, 0.4) is 0 Å². The normalized spacial score (nSPS) is 14.1. The van der Waals surface area contributed by atoms with E-state index in [0.29, 0.717) is 12.5 Å². The monoisotopic (exact) mass is 255 g/mol. The van der Waals surface area contributed by atoms with Gasteiger partial charge in [-0.15, -0.1) is 0 Å². The fourth-order valence-electron chi connectivity index (χ4n) is 2.17. The summed E-state index contributed by atoms with van der Waals surface area (Å²) in [6.07, 6.45) is 4.68. The van der Waals surface area contributed by atoms with Crippen molar-refractivity contribution in [1.82, 2.24) is 9.97 Å². The molecule has 2 rings (SSSR count). The third-order valence-corrected chi connectivity index (χ3v) is 3.65. The van der Waals surface area contributed by atoms with Crippen LogP contribution in [0.25, 0.3) is 0 Å². The molecular weight excluding hydrogens is 234 g/mol. The van der Waals surface area contributed by atoms with Crippen LogP contribution in [0.5, 0.6) is 0 Å². The van der Waals surface area contributed by atoms with Gasteiger partial charge < -0.3 is 5.73 Å². The highest BCUT2D eigenvalue weighted by Gasteiger charge is 2.15. The first-order valence-corrected chi connectivity index (χ1v) is 6.83. The third kappa shape index (κ3) is 3.18. The average molecular weight is 255 g/mol. The zero-order chi connectivity index (χ0) is 13.7. The number of benzene rings is 1. The summed E-state index contributed by atoms with van der Waals surface area (Å²) >= 11 is 0. The van der Waals surface area contributed by atoms with Gasteiger partial charge in [0, 0.05) is 18.9 Å². The van der Waals surface area contributed by atoms with Crippen molar-refractivity contribution in [3.05, 3.63) is 59.7 Å². The lowest BCUT2D eigenvalue weighted by Gasteiger charge is -2.15. The smallest absolute Gasteiger partial charge is 0.136 e. The molecule has 19 heavy (non-hydrogen) atoms. The van der Waals surface area contributed by atoms with E-state index >= 15 is 0 Å². The van der Waals surface area contributed by atoms with Crippen molar-refractivity contribution in [2.24, 2.45) is 5.73 Å². The van der Waals surface area contributed by atoms with Crippen molar-refractivity contribution in [2.75, 3.05) is 6.54 Å². The second kappa shape index (κ2) is 6.43. The Morgan fingerprint density at radius 3 is 2.16 bits per heavy atom. The summed E-state index contributed by atoms with van der Waals surface area (Å²) < 4.78 is 0. The predicted molar refractivity (Wildman–Crippen MR) is 78.1 cm³/mol. The highest BCUT2D eigenvalue weighted by Crippen LogP contribution is 2.24. The van der Waals surface area contributed by atoms with Crippen molar-refractivity contribution >= 4 is 0 Å². The lowest BCUT2D eigenvalue weighted by atomic mass is 9.93. The molecule has 0 saturated heterocycles. The summed E-state index contributed by atoms with van der Waals surface area (Å²) in [5.74, 6) is 1.46. The molecule has 0 radical (unpaired) electrons. The minimum absolute atomic E-state index is 0.0761. The Kier molecular flexibility index (Phi) is 4.63. The van der Waals surface area contributed by atoms with Gasteiger partial charge in [-0.05, 0) is 29.5 Å². The van der Waals surface area contributed by atoms with Crippen molar-refractivity contribution in [2.45, 2.75) is 32.1 Å². The number of hydrogen-bond acceptors (Lipinski definition) is 3. The molecule has 1 aromatic heterocycles. The van der Waals surface area contributed by atoms with E-state index < -0.39 is 0 Å². The summed E-state index contributed by atoms with van der Waals surface area (Å²) in [4.78, 5) is 8.62. The van der Waals surface area contributed by atoms with Crippen molar-refractivity contribution < 1.29 is 0 Å². The minimum atomic E-state index is 0.0761. The Hall–Kier alpha value is -1.74. The largest absolute Gasteiger partial charge is 0.329 e. The zero-order valence-electron chi connectivity index (χ0n) is 11.6. The lowest BCUT2D eigenvalue weighted by molar-refractivity contribution is 0.726. The molecule has 0 bridgehead atoms. The molecule has 100 valence electrons. The van der Waals surface area contributed by atoms with Crippen LogP contribution < -0.4 is 5.73 Å². The first-order valence-electron chi connectivity index (χ1n) is 6.83. The summed E-state index contributed by atoms with van der Waals surface area (Å²) in [6.45, 7) is 4.97. The average Bonchev–Trinajstić information content (AvgIpc) is 2.49.